The molecule has 32 heavy (non-hydrogen) atoms. The van der Waals surface area contributed by atoms with Gasteiger partial charge < -0.3 is 5.11 Å². The number of nitrogens with one attached hydrogen (secondary N) is 2. The van der Waals surface area contributed by atoms with Crippen LogP contribution in [0.1, 0.15) is 32.0 Å². The van der Waals surface area contributed by atoms with Crippen LogP contribution in [0, 0.1) is 0 Å². The largest absolute Gasteiger partial charge is 0.507 e. The number of aromatic nitrogens is 2. The monoisotopic (exact) mass is 458 g/mol. The Hall–Kier alpha value is -4.03. The van der Waals surface area contributed by atoms with Gasteiger partial charge in [-0.3, -0.25) is 20.4 Å². The maximum Gasteiger partial charge on any atom is 0.434 e. The highest BCUT2D eigenvalue weighted by Crippen LogP contribution is 2.35. The number of benzene rings is 2. The number of aromatic hydroxyl groups is 1. The summed E-state index contributed by atoms with van der Waals surface area (Å²) in [5.74, 6) is -2.89. The van der Waals surface area contributed by atoms with Crippen molar-refractivity contribution in [2.24, 2.45) is 0 Å². The fourth-order valence-electron chi connectivity index (χ4n) is 2.71. The van der Waals surface area contributed by atoms with E-state index in [0.717, 1.165) is 12.1 Å². The number of phenolic OH excluding ortho intramolecular Hbond substituents is 1. The van der Waals surface area contributed by atoms with Crippen molar-refractivity contribution in [3.63, 3.8) is 0 Å². The zero-order valence-electron chi connectivity index (χ0n) is 15.6. The quantitative estimate of drug-likeness (QED) is 0.412. The van der Waals surface area contributed by atoms with E-state index in [-0.39, 0.29) is 10.2 Å². The SMILES string of the molecule is O=C(NNC(=O)c1cnn(-c2cccc(C(F)(F)F)c2)c1C(F)(F)F)c1ccccc1O. The molecule has 168 valence electrons. The highest BCUT2D eigenvalue weighted by atomic mass is 19.4. The van der Waals surface area contributed by atoms with E-state index in [9.17, 15) is 41.0 Å². The van der Waals surface area contributed by atoms with Crippen molar-refractivity contribution in [1.82, 2.24) is 20.6 Å². The number of phenols is 1. The van der Waals surface area contributed by atoms with Crippen LogP contribution in [0.2, 0.25) is 0 Å². The molecule has 0 atom stereocenters. The number of hydrogen-bond acceptors (Lipinski definition) is 4. The Morgan fingerprint density at radius 1 is 0.844 bits per heavy atom. The van der Waals surface area contributed by atoms with Gasteiger partial charge in [0.1, 0.15) is 5.75 Å². The number of alkyl halides is 6. The van der Waals surface area contributed by atoms with Gasteiger partial charge in [0.05, 0.1) is 28.6 Å². The molecule has 0 bridgehead atoms. The van der Waals surface area contributed by atoms with Crippen LogP contribution in [0.3, 0.4) is 0 Å². The number of carbonyl (C=O) groups is 2. The molecule has 0 aliphatic carbocycles. The van der Waals surface area contributed by atoms with Crippen LogP contribution in [0.25, 0.3) is 5.69 Å². The minimum atomic E-state index is -5.18. The zero-order chi connectivity index (χ0) is 23.7. The third-order valence-electron chi connectivity index (χ3n) is 4.14. The molecule has 0 radical (unpaired) electrons. The van der Waals surface area contributed by atoms with Crippen molar-refractivity contribution in [2.75, 3.05) is 0 Å². The average Bonchev–Trinajstić information content (AvgIpc) is 3.17. The molecule has 3 rings (SSSR count). The summed E-state index contributed by atoms with van der Waals surface area (Å²) >= 11 is 0. The molecule has 3 N–H and O–H groups in total. The van der Waals surface area contributed by atoms with Crippen LogP contribution < -0.4 is 10.9 Å². The maximum absolute atomic E-state index is 13.7. The number of halogens is 6. The molecule has 13 heteroatoms. The fourth-order valence-corrected chi connectivity index (χ4v) is 2.71. The normalized spacial score (nSPS) is 11.8. The molecular formula is C19H12F6N4O3. The number of amides is 2. The molecular weight excluding hydrogens is 446 g/mol. The topological polar surface area (TPSA) is 96.3 Å². The highest BCUT2D eigenvalue weighted by Gasteiger charge is 2.41. The summed E-state index contributed by atoms with van der Waals surface area (Å²) in [6.07, 6.45) is -9.49. The summed E-state index contributed by atoms with van der Waals surface area (Å²) in [6.45, 7) is 0. The van der Waals surface area contributed by atoms with E-state index in [1.54, 1.807) is 5.43 Å². The third kappa shape index (κ3) is 4.66. The van der Waals surface area contributed by atoms with Crippen molar-refractivity contribution in [3.8, 4) is 11.4 Å². The molecule has 0 aliphatic rings. The minimum absolute atomic E-state index is 0.148. The van der Waals surface area contributed by atoms with Crippen molar-refractivity contribution in [2.45, 2.75) is 12.4 Å². The van der Waals surface area contributed by atoms with Crippen LogP contribution in [0.4, 0.5) is 26.3 Å². The van der Waals surface area contributed by atoms with E-state index < -0.39 is 52.4 Å². The summed E-state index contributed by atoms with van der Waals surface area (Å²) in [6, 6.07) is 8.17. The Bertz CT molecular complexity index is 1170. The smallest absolute Gasteiger partial charge is 0.434 e. The lowest BCUT2D eigenvalue weighted by Crippen LogP contribution is -2.42. The third-order valence-corrected chi connectivity index (χ3v) is 4.14. The van der Waals surface area contributed by atoms with E-state index in [1.165, 1.54) is 24.3 Å². The molecule has 0 saturated heterocycles. The molecule has 0 unspecified atom stereocenters. The van der Waals surface area contributed by atoms with Crippen molar-refractivity contribution >= 4 is 11.8 Å². The van der Waals surface area contributed by atoms with Crippen LogP contribution in [0.5, 0.6) is 5.75 Å². The van der Waals surface area contributed by atoms with Crippen LogP contribution in [0.15, 0.2) is 54.7 Å². The summed E-state index contributed by atoms with van der Waals surface area (Å²) in [7, 11) is 0. The van der Waals surface area contributed by atoms with E-state index in [0.29, 0.717) is 18.3 Å². The van der Waals surface area contributed by atoms with Crippen molar-refractivity contribution in [3.05, 3.63) is 77.1 Å². The predicted molar refractivity (Wildman–Crippen MR) is 96.6 cm³/mol. The van der Waals surface area contributed by atoms with Gasteiger partial charge in [0, 0.05) is 0 Å². The Morgan fingerprint density at radius 2 is 1.47 bits per heavy atom. The van der Waals surface area contributed by atoms with Gasteiger partial charge in [-0.2, -0.15) is 31.4 Å². The number of nitrogens with zero attached hydrogens (tertiary/aromatic N) is 2. The second-order valence-electron chi connectivity index (χ2n) is 6.29. The van der Waals surface area contributed by atoms with Gasteiger partial charge in [0.25, 0.3) is 11.8 Å². The van der Waals surface area contributed by atoms with Gasteiger partial charge in [-0.05, 0) is 30.3 Å². The van der Waals surface area contributed by atoms with Crippen molar-refractivity contribution < 1.29 is 41.0 Å². The molecule has 0 fully saturated rings. The van der Waals surface area contributed by atoms with E-state index in [2.05, 4.69) is 5.10 Å². The first-order valence-corrected chi connectivity index (χ1v) is 8.61. The molecule has 7 nitrogen and oxygen atoms in total. The molecule has 0 aliphatic heterocycles. The molecule has 1 aromatic heterocycles. The second-order valence-corrected chi connectivity index (χ2v) is 6.29. The first kappa shape index (κ1) is 22.7. The lowest BCUT2D eigenvalue weighted by atomic mass is 10.1. The second kappa shape index (κ2) is 8.24. The maximum atomic E-state index is 13.7. The summed E-state index contributed by atoms with van der Waals surface area (Å²) < 4.78 is 79.9. The number of carbonyl (C=O) groups excluding carboxylic acids is 2. The summed E-state index contributed by atoms with van der Waals surface area (Å²) in [5.41, 5.74) is -1.15. The Labute approximate surface area is 175 Å². The molecule has 1 heterocycles. The van der Waals surface area contributed by atoms with Gasteiger partial charge in [-0.25, -0.2) is 4.68 Å². The standard InChI is InChI=1S/C19H12F6N4O3/c20-18(21,22)10-4-3-5-11(8-10)29-15(19(23,24)25)13(9-26-29)17(32)28-27-16(31)12-6-1-2-7-14(12)30/h1-9,30H,(H,27,31)(H,28,32). The van der Waals surface area contributed by atoms with Gasteiger partial charge in [-0.15, -0.1) is 0 Å². The van der Waals surface area contributed by atoms with E-state index in [1.807, 2.05) is 5.43 Å². The fraction of sp³-hybridized carbons (Fsp3) is 0.105. The number of hydrogen-bond donors (Lipinski definition) is 3. The zero-order valence-corrected chi connectivity index (χ0v) is 15.6. The lowest BCUT2D eigenvalue weighted by Gasteiger charge is -2.14. The number of para-hydroxylation sites is 1. The summed E-state index contributed by atoms with van der Waals surface area (Å²) in [4.78, 5) is 24.3. The molecule has 2 aromatic carbocycles. The van der Waals surface area contributed by atoms with Crippen LogP contribution >= 0.6 is 0 Å². The van der Waals surface area contributed by atoms with Gasteiger partial charge in [0.2, 0.25) is 0 Å². The Kier molecular flexibility index (Phi) is 5.84. The van der Waals surface area contributed by atoms with Crippen molar-refractivity contribution in [1.29, 1.82) is 0 Å². The lowest BCUT2D eigenvalue weighted by molar-refractivity contribution is -0.143. The first-order chi connectivity index (χ1) is 14.9. The van der Waals surface area contributed by atoms with Gasteiger partial charge in [0.15, 0.2) is 5.69 Å². The Balaban J connectivity index is 1.92. The van der Waals surface area contributed by atoms with E-state index >= 15 is 0 Å². The molecule has 0 spiro atoms. The molecule has 0 saturated carbocycles. The minimum Gasteiger partial charge on any atom is -0.507 e. The number of hydrazine groups is 1. The Morgan fingerprint density at radius 3 is 2.06 bits per heavy atom. The summed E-state index contributed by atoms with van der Waals surface area (Å²) in [5, 5.41) is 13.0. The van der Waals surface area contributed by atoms with Crippen LogP contribution in [-0.2, 0) is 12.4 Å². The van der Waals surface area contributed by atoms with E-state index in [4.69, 9.17) is 0 Å². The van der Waals surface area contributed by atoms with Gasteiger partial charge in [-0.1, -0.05) is 18.2 Å². The highest BCUT2D eigenvalue weighted by molar-refractivity contribution is 6.00. The molecule has 2 amide bonds. The van der Waals surface area contributed by atoms with Gasteiger partial charge >= 0.3 is 12.4 Å². The molecule has 3 aromatic rings. The first-order valence-electron chi connectivity index (χ1n) is 8.61. The van der Waals surface area contributed by atoms with Crippen LogP contribution in [-0.4, -0.2) is 26.7 Å². The predicted octanol–water partition coefficient (Wildman–Crippen LogP) is 3.69. The number of rotatable bonds is 3. The average molecular weight is 458 g/mol.